The van der Waals surface area contributed by atoms with Crippen molar-refractivity contribution in [1.29, 1.82) is 0 Å². The molecule has 2 heterocycles. The van der Waals surface area contributed by atoms with Gasteiger partial charge in [0, 0.05) is 42.9 Å². The summed E-state index contributed by atoms with van der Waals surface area (Å²) in [5.74, 6) is -0.230. The van der Waals surface area contributed by atoms with Crippen molar-refractivity contribution in [2.75, 3.05) is 25.0 Å². The lowest BCUT2D eigenvalue weighted by atomic mass is 9.94. The first-order valence-corrected chi connectivity index (χ1v) is 11.1. The fraction of sp³-hybridized carbons (Fsp3) is 0.286. The van der Waals surface area contributed by atoms with Crippen LogP contribution in [0.1, 0.15) is 28.8 Å². The first kappa shape index (κ1) is 20.1. The number of hydrogen-bond acceptors (Lipinski definition) is 5. The van der Waals surface area contributed by atoms with E-state index in [1.54, 1.807) is 60.5 Å². The number of carbonyl (C=O) groups excluding carboxylic acids is 2. The Morgan fingerprint density at radius 2 is 1.70 bits per heavy atom. The number of rotatable bonds is 3. The molecule has 2 aromatic rings. The number of nitrogens with zero attached hydrogens (tertiary/aromatic N) is 3. The molecule has 0 bridgehead atoms. The summed E-state index contributed by atoms with van der Waals surface area (Å²) in [6.07, 6.45) is 1.20. The van der Waals surface area contributed by atoms with Gasteiger partial charge in [0.15, 0.2) is 5.84 Å². The molecule has 4 rings (SSSR count). The Bertz CT molecular complexity index is 1130. The highest BCUT2D eigenvalue weighted by molar-refractivity contribution is 7.90. The monoisotopic (exact) mass is 426 g/mol. The van der Waals surface area contributed by atoms with Gasteiger partial charge in [0.05, 0.1) is 0 Å². The topological polar surface area (TPSA) is 113 Å². The van der Waals surface area contributed by atoms with Gasteiger partial charge < -0.3 is 15.5 Å². The van der Waals surface area contributed by atoms with Gasteiger partial charge in [-0.3, -0.25) is 9.59 Å². The van der Waals surface area contributed by atoms with Crippen LogP contribution in [-0.4, -0.2) is 51.1 Å². The number of fused-ring (bicyclic) bond motifs is 1. The van der Waals surface area contributed by atoms with Gasteiger partial charge in [0.2, 0.25) is 11.8 Å². The molecule has 0 saturated carbocycles. The van der Waals surface area contributed by atoms with Crippen molar-refractivity contribution in [2.45, 2.75) is 17.7 Å². The highest BCUT2D eigenvalue weighted by atomic mass is 32.2. The molecule has 0 atom stereocenters. The number of primary amides is 1. The fourth-order valence-corrected chi connectivity index (χ4v) is 5.13. The molecule has 1 fully saturated rings. The van der Waals surface area contributed by atoms with E-state index in [0.717, 1.165) is 0 Å². The summed E-state index contributed by atoms with van der Waals surface area (Å²) in [7, 11) is -1.95. The van der Waals surface area contributed by atoms with Crippen LogP contribution in [0.25, 0.3) is 0 Å². The number of amidine groups is 1. The predicted molar refractivity (Wildman–Crippen MR) is 113 cm³/mol. The maximum absolute atomic E-state index is 12.9. The zero-order chi connectivity index (χ0) is 21.5. The van der Waals surface area contributed by atoms with Crippen molar-refractivity contribution in [1.82, 2.24) is 4.90 Å². The molecule has 2 aliphatic heterocycles. The quantitative estimate of drug-likeness (QED) is 0.801. The zero-order valence-corrected chi connectivity index (χ0v) is 17.3. The van der Waals surface area contributed by atoms with E-state index in [4.69, 9.17) is 5.73 Å². The minimum Gasteiger partial charge on any atom is -0.366 e. The van der Waals surface area contributed by atoms with Gasteiger partial charge in [0.25, 0.3) is 10.0 Å². The molecule has 0 aromatic heterocycles. The molecule has 9 heteroatoms. The van der Waals surface area contributed by atoms with Crippen molar-refractivity contribution in [3.8, 4) is 0 Å². The van der Waals surface area contributed by atoms with Gasteiger partial charge in [0.1, 0.15) is 4.90 Å². The number of nitrogens with two attached hydrogens (primary N) is 1. The van der Waals surface area contributed by atoms with E-state index in [-0.39, 0.29) is 16.7 Å². The van der Waals surface area contributed by atoms with Gasteiger partial charge >= 0.3 is 0 Å². The second kappa shape index (κ2) is 7.56. The summed E-state index contributed by atoms with van der Waals surface area (Å²) < 4.78 is 28.5. The largest absolute Gasteiger partial charge is 0.366 e. The van der Waals surface area contributed by atoms with Crippen molar-refractivity contribution in [2.24, 2.45) is 16.0 Å². The van der Waals surface area contributed by atoms with E-state index in [1.165, 1.54) is 0 Å². The third-order valence-corrected chi connectivity index (χ3v) is 6.95. The van der Waals surface area contributed by atoms with Crippen molar-refractivity contribution < 1.29 is 18.0 Å². The molecular formula is C21H22N4O4S. The van der Waals surface area contributed by atoms with Crippen molar-refractivity contribution >= 4 is 33.4 Å². The van der Waals surface area contributed by atoms with Gasteiger partial charge in [-0.2, -0.15) is 8.42 Å². The maximum Gasteiger partial charge on any atom is 0.285 e. The number of anilines is 1. The first-order valence-electron chi connectivity index (χ1n) is 9.64. The van der Waals surface area contributed by atoms with E-state index in [9.17, 15) is 18.0 Å². The maximum atomic E-state index is 12.9. The summed E-state index contributed by atoms with van der Waals surface area (Å²) in [6, 6.07) is 13.4. The van der Waals surface area contributed by atoms with Crippen molar-refractivity contribution in [3.63, 3.8) is 0 Å². The molecule has 0 aliphatic carbocycles. The van der Waals surface area contributed by atoms with Crippen LogP contribution in [0.4, 0.5) is 5.69 Å². The van der Waals surface area contributed by atoms with Gasteiger partial charge in [-0.25, -0.2) is 0 Å². The van der Waals surface area contributed by atoms with E-state index in [2.05, 4.69) is 4.40 Å². The molecule has 2 amide bonds. The first-order chi connectivity index (χ1) is 14.3. The second-order valence-electron chi connectivity index (χ2n) is 7.46. The number of piperidine rings is 1. The van der Waals surface area contributed by atoms with Crippen LogP contribution < -0.4 is 10.6 Å². The Labute approximate surface area is 175 Å². The molecule has 0 radical (unpaired) electrons. The summed E-state index contributed by atoms with van der Waals surface area (Å²) in [4.78, 5) is 27.9. The van der Waals surface area contributed by atoms with E-state index >= 15 is 0 Å². The molecule has 8 nitrogen and oxygen atoms in total. The molecule has 156 valence electrons. The number of likely N-dealkylation sites (tertiary alicyclic amines) is 1. The molecule has 2 N–H and O–H groups in total. The summed E-state index contributed by atoms with van der Waals surface area (Å²) in [6.45, 7) is 1.10. The van der Waals surface area contributed by atoms with Crippen LogP contribution in [0.2, 0.25) is 0 Å². The molecule has 1 saturated heterocycles. The molecule has 0 unspecified atom stereocenters. The molecule has 0 spiro atoms. The lowest BCUT2D eigenvalue weighted by Gasteiger charge is -2.34. The second-order valence-corrected chi connectivity index (χ2v) is 9.03. The Kier molecular flexibility index (Phi) is 5.07. The summed E-state index contributed by atoms with van der Waals surface area (Å²) >= 11 is 0. The lowest BCUT2D eigenvalue weighted by Crippen LogP contribution is -2.43. The van der Waals surface area contributed by atoms with Crippen LogP contribution in [0.5, 0.6) is 0 Å². The number of benzene rings is 2. The molecule has 2 aliphatic rings. The van der Waals surface area contributed by atoms with Crippen LogP contribution in [0.3, 0.4) is 0 Å². The minimum absolute atomic E-state index is 0.0112. The third-order valence-electron chi connectivity index (χ3n) is 5.63. The lowest BCUT2D eigenvalue weighted by molar-refractivity contribution is -0.123. The number of sulfonamides is 1. The average Bonchev–Trinajstić information content (AvgIpc) is 3.04. The Morgan fingerprint density at radius 1 is 1.07 bits per heavy atom. The Hall–Kier alpha value is -3.20. The number of carbonyl (C=O) groups is 2. The van der Waals surface area contributed by atoms with Crippen molar-refractivity contribution in [3.05, 3.63) is 59.7 Å². The summed E-state index contributed by atoms with van der Waals surface area (Å²) in [5, 5.41) is 0. The fourth-order valence-electron chi connectivity index (χ4n) is 3.91. The van der Waals surface area contributed by atoms with Crippen LogP contribution >= 0.6 is 0 Å². The highest BCUT2D eigenvalue weighted by Gasteiger charge is 2.35. The summed E-state index contributed by atoms with van der Waals surface area (Å²) in [5.41, 5.74) is 6.95. The standard InChI is InChI=1S/C21H22N4O4S/c1-24(16-8-6-14(7-9-16)19(22)26)21(27)15-10-12-25(13-11-15)20-17-4-2-3-5-18(17)30(28,29)23-20/h2-9,15H,10-13H2,1H3,(H2,22,26). The van der Waals surface area contributed by atoms with E-state index < -0.39 is 15.9 Å². The smallest absolute Gasteiger partial charge is 0.285 e. The molecular weight excluding hydrogens is 404 g/mol. The van der Waals surface area contributed by atoms with Crippen LogP contribution in [0.15, 0.2) is 57.8 Å². The Morgan fingerprint density at radius 3 is 2.33 bits per heavy atom. The van der Waals surface area contributed by atoms with Gasteiger partial charge in [-0.05, 0) is 49.2 Å². The number of amides is 2. The number of hydrogen-bond donors (Lipinski definition) is 1. The zero-order valence-electron chi connectivity index (χ0n) is 16.5. The van der Waals surface area contributed by atoms with E-state index in [1.807, 2.05) is 4.90 Å². The Balaban J connectivity index is 1.43. The minimum atomic E-state index is -3.65. The van der Waals surface area contributed by atoms with Crippen LogP contribution in [-0.2, 0) is 14.8 Å². The van der Waals surface area contributed by atoms with Gasteiger partial charge in [-0.1, -0.05) is 12.1 Å². The normalized spacial score (nSPS) is 17.9. The highest BCUT2D eigenvalue weighted by Crippen LogP contribution is 2.30. The third kappa shape index (κ3) is 3.56. The van der Waals surface area contributed by atoms with E-state index in [0.29, 0.717) is 48.6 Å². The average molecular weight is 426 g/mol. The van der Waals surface area contributed by atoms with Gasteiger partial charge in [-0.15, -0.1) is 4.40 Å². The molecule has 2 aromatic carbocycles. The molecule has 30 heavy (non-hydrogen) atoms. The van der Waals surface area contributed by atoms with Crippen LogP contribution in [0, 0.1) is 5.92 Å². The SMILES string of the molecule is CN(C(=O)C1CCN(C2=NS(=O)(=O)c3ccccc32)CC1)c1ccc(C(N)=O)cc1. The predicted octanol–water partition coefficient (Wildman–Crippen LogP) is 1.61.